The summed E-state index contributed by atoms with van der Waals surface area (Å²) >= 11 is 0. The molecular formula is C12H18N4O3. The Labute approximate surface area is 111 Å². The van der Waals surface area contributed by atoms with Crippen LogP contribution >= 0.6 is 0 Å². The molecular weight excluding hydrogens is 248 g/mol. The summed E-state index contributed by atoms with van der Waals surface area (Å²) in [7, 11) is 0. The Kier molecular flexibility index (Phi) is 3.68. The number of rotatable bonds is 2. The van der Waals surface area contributed by atoms with Crippen molar-refractivity contribution in [3.63, 3.8) is 0 Å². The minimum Gasteiger partial charge on any atom is -0.394 e. The third kappa shape index (κ3) is 3.18. The Morgan fingerprint density at radius 3 is 2.89 bits per heavy atom. The van der Waals surface area contributed by atoms with Gasteiger partial charge in [-0.25, -0.2) is 9.97 Å². The Morgan fingerprint density at radius 1 is 1.58 bits per heavy atom. The summed E-state index contributed by atoms with van der Waals surface area (Å²) in [6.45, 7) is 4.41. The predicted octanol–water partition coefficient (Wildman–Crippen LogP) is -0.329. The average Bonchev–Trinajstić information content (AvgIpc) is 2.37. The van der Waals surface area contributed by atoms with Crippen LogP contribution in [0.2, 0.25) is 0 Å². The number of aliphatic hydroxyl groups excluding tert-OH is 1. The molecule has 2 rings (SSSR count). The van der Waals surface area contributed by atoms with Gasteiger partial charge in [-0.2, -0.15) is 0 Å². The molecule has 1 aliphatic heterocycles. The molecule has 1 saturated heterocycles. The van der Waals surface area contributed by atoms with Gasteiger partial charge in [0.1, 0.15) is 11.5 Å². The largest absolute Gasteiger partial charge is 0.394 e. The molecule has 2 heterocycles. The number of amides is 1. The highest BCUT2D eigenvalue weighted by Gasteiger charge is 2.35. The molecule has 0 radical (unpaired) electrons. The van der Waals surface area contributed by atoms with Gasteiger partial charge < -0.3 is 20.5 Å². The first-order chi connectivity index (χ1) is 8.91. The number of hydrogen-bond donors (Lipinski definition) is 2. The van der Waals surface area contributed by atoms with Gasteiger partial charge in [0.15, 0.2) is 0 Å². The number of anilines is 1. The fourth-order valence-electron chi connectivity index (χ4n) is 2.16. The van der Waals surface area contributed by atoms with Crippen LogP contribution in [0, 0.1) is 0 Å². The molecule has 3 N–H and O–H groups in total. The van der Waals surface area contributed by atoms with Crippen molar-refractivity contribution in [1.82, 2.24) is 14.9 Å². The lowest BCUT2D eigenvalue weighted by molar-refractivity contribution is -0.139. The molecule has 19 heavy (non-hydrogen) atoms. The number of aromatic nitrogens is 2. The van der Waals surface area contributed by atoms with E-state index in [1.807, 2.05) is 13.8 Å². The molecule has 1 aliphatic rings. The molecule has 7 nitrogen and oxygen atoms in total. The van der Waals surface area contributed by atoms with Gasteiger partial charge in [-0.1, -0.05) is 0 Å². The van der Waals surface area contributed by atoms with E-state index in [0.717, 1.165) is 0 Å². The maximum Gasteiger partial charge on any atom is 0.274 e. The number of nitrogen functional groups attached to an aromatic ring is 1. The van der Waals surface area contributed by atoms with E-state index < -0.39 is 5.60 Å². The number of carbonyl (C=O) groups is 1. The first-order valence-corrected chi connectivity index (χ1v) is 6.07. The maximum atomic E-state index is 12.3. The Balaban J connectivity index is 2.16. The maximum absolute atomic E-state index is 12.3. The first kappa shape index (κ1) is 13.7. The molecule has 1 unspecified atom stereocenters. The fraction of sp³-hybridized carbons (Fsp3) is 0.583. The van der Waals surface area contributed by atoms with Gasteiger partial charge in [-0.3, -0.25) is 4.79 Å². The van der Waals surface area contributed by atoms with Crippen molar-refractivity contribution in [3.05, 3.63) is 18.1 Å². The Morgan fingerprint density at radius 2 is 2.32 bits per heavy atom. The van der Waals surface area contributed by atoms with E-state index >= 15 is 0 Å². The summed E-state index contributed by atoms with van der Waals surface area (Å²) in [5.74, 6) is 0.0365. The molecule has 0 aromatic carbocycles. The molecule has 0 aliphatic carbocycles. The minimum atomic E-state index is -0.497. The minimum absolute atomic E-state index is 0.124. The monoisotopic (exact) mass is 266 g/mol. The summed E-state index contributed by atoms with van der Waals surface area (Å²) in [6, 6.07) is 0. The van der Waals surface area contributed by atoms with Gasteiger partial charge in [-0.05, 0) is 13.8 Å². The molecule has 1 fully saturated rings. The zero-order valence-electron chi connectivity index (χ0n) is 11.0. The van der Waals surface area contributed by atoms with Crippen LogP contribution in [0.1, 0.15) is 24.3 Å². The SMILES string of the molecule is CC1(C)CN(C(=O)c2cnc(N)cn2)CC(CO)O1. The van der Waals surface area contributed by atoms with Gasteiger partial charge in [0, 0.05) is 13.1 Å². The second-order valence-electron chi connectivity index (χ2n) is 5.19. The molecule has 0 bridgehead atoms. The topological polar surface area (TPSA) is 102 Å². The van der Waals surface area contributed by atoms with E-state index in [0.29, 0.717) is 13.1 Å². The standard InChI is InChI=1S/C12H18N4O3/c1-12(2)7-16(5-8(6-17)19-12)11(18)9-3-15-10(13)4-14-9/h3-4,8,17H,5-7H2,1-2H3,(H2,13,15). The first-order valence-electron chi connectivity index (χ1n) is 6.07. The molecule has 7 heteroatoms. The molecule has 1 atom stereocenters. The highest BCUT2D eigenvalue weighted by Crippen LogP contribution is 2.22. The van der Waals surface area contributed by atoms with Crippen LogP contribution in [0.25, 0.3) is 0 Å². The number of nitrogens with zero attached hydrogens (tertiary/aromatic N) is 3. The normalized spacial score (nSPS) is 22.3. The van der Waals surface area contributed by atoms with E-state index in [2.05, 4.69) is 9.97 Å². The zero-order chi connectivity index (χ0) is 14.0. The lowest BCUT2D eigenvalue weighted by Crippen LogP contribution is -2.55. The van der Waals surface area contributed by atoms with Crippen LogP contribution < -0.4 is 5.73 Å². The van der Waals surface area contributed by atoms with Crippen LogP contribution in [0.3, 0.4) is 0 Å². The van der Waals surface area contributed by atoms with E-state index in [-0.39, 0.29) is 30.1 Å². The summed E-state index contributed by atoms with van der Waals surface area (Å²) in [6.07, 6.45) is 2.32. The van der Waals surface area contributed by atoms with Gasteiger partial charge >= 0.3 is 0 Å². The van der Waals surface area contributed by atoms with Gasteiger partial charge in [0.05, 0.1) is 30.7 Å². The van der Waals surface area contributed by atoms with Crippen molar-refractivity contribution < 1.29 is 14.6 Å². The van der Waals surface area contributed by atoms with Crippen molar-refractivity contribution in [2.24, 2.45) is 0 Å². The summed E-state index contributed by atoms with van der Waals surface area (Å²) < 4.78 is 5.66. The van der Waals surface area contributed by atoms with E-state index in [1.54, 1.807) is 4.90 Å². The number of nitrogens with two attached hydrogens (primary N) is 1. The molecule has 1 aromatic rings. The molecule has 0 saturated carbocycles. The second kappa shape index (κ2) is 5.10. The number of carbonyl (C=O) groups excluding carboxylic acids is 1. The third-order valence-corrected chi connectivity index (χ3v) is 2.86. The van der Waals surface area contributed by atoms with Gasteiger partial charge in [0.2, 0.25) is 0 Å². The summed E-state index contributed by atoms with van der Waals surface area (Å²) in [5.41, 5.74) is 5.18. The van der Waals surface area contributed by atoms with Crippen LogP contribution in [-0.2, 0) is 4.74 Å². The fourth-order valence-corrected chi connectivity index (χ4v) is 2.16. The van der Waals surface area contributed by atoms with E-state index in [1.165, 1.54) is 12.4 Å². The lowest BCUT2D eigenvalue weighted by Gasteiger charge is -2.42. The Hall–Kier alpha value is -1.73. The molecule has 1 aromatic heterocycles. The molecule has 0 spiro atoms. The average molecular weight is 266 g/mol. The van der Waals surface area contributed by atoms with Gasteiger partial charge in [-0.15, -0.1) is 0 Å². The zero-order valence-corrected chi connectivity index (χ0v) is 11.0. The lowest BCUT2D eigenvalue weighted by atomic mass is 10.0. The van der Waals surface area contributed by atoms with Crippen LogP contribution in [0.5, 0.6) is 0 Å². The molecule has 1 amide bonds. The van der Waals surface area contributed by atoms with Crippen LogP contribution in [0.15, 0.2) is 12.4 Å². The quantitative estimate of drug-likeness (QED) is 0.760. The number of aliphatic hydroxyl groups is 1. The van der Waals surface area contributed by atoms with Crippen molar-refractivity contribution >= 4 is 11.7 Å². The highest BCUT2D eigenvalue weighted by molar-refractivity contribution is 5.92. The van der Waals surface area contributed by atoms with Crippen LogP contribution in [-0.4, -0.2) is 57.3 Å². The van der Waals surface area contributed by atoms with Crippen molar-refractivity contribution in [2.45, 2.75) is 25.6 Å². The highest BCUT2D eigenvalue weighted by atomic mass is 16.5. The number of ether oxygens (including phenoxy) is 1. The smallest absolute Gasteiger partial charge is 0.274 e. The van der Waals surface area contributed by atoms with Crippen molar-refractivity contribution in [1.29, 1.82) is 0 Å². The van der Waals surface area contributed by atoms with Gasteiger partial charge in [0.25, 0.3) is 5.91 Å². The Bertz CT molecular complexity index is 461. The van der Waals surface area contributed by atoms with Crippen LogP contribution in [0.4, 0.5) is 5.82 Å². The number of hydrogen-bond acceptors (Lipinski definition) is 6. The second-order valence-corrected chi connectivity index (χ2v) is 5.19. The van der Waals surface area contributed by atoms with E-state index in [9.17, 15) is 9.90 Å². The molecule has 104 valence electrons. The number of morpholine rings is 1. The van der Waals surface area contributed by atoms with Crippen molar-refractivity contribution in [2.75, 3.05) is 25.4 Å². The third-order valence-electron chi connectivity index (χ3n) is 2.86. The van der Waals surface area contributed by atoms with Crippen molar-refractivity contribution in [3.8, 4) is 0 Å². The summed E-state index contributed by atoms with van der Waals surface area (Å²) in [4.78, 5) is 21.7. The van der Waals surface area contributed by atoms with E-state index in [4.69, 9.17) is 10.5 Å². The predicted molar refractivity (Wildman–Crippen MR) is 68.4 cm³/mol. The summed E-state index contributed by atoms with van der Waals surface area (Å²) in [5, 5.41) is 9.22.